The number of carbonyl (C=O) groups excluding carboxylic acids is 1. The zero-order valence-corrected chi connectivity index (χ0v) is 14.6. The monoisotopic (exact) mass is 418 g/mol. The maximum atomic E-state index is 12.1. The molecule has 0 aromatic heterocycles. The Morgan fingerprint density at radius 3 is 2.57 bits per heavy atom. The highest BCUT2D eigenvalue weighted by Crippen LogP contribution is 2.31. The quantitative estimate of drug-likeness (QED) is 0.686. The Kier molecular flexibility index (Phi) is 5.27. The van der Waals surface area contributed by atoms with E-state index in [1.54, 1.807) is 6.07 Å². The van der Waals surface area contributed by atoms with Gasteiger partial charge in [-0.25, -0.2) is 9.59 Å². The number of urea groups is 1. The zero-order chi connectivity index (χ0) is 15.6. The van der Waals surface area contributed by atoms with Crippen molar-refractivity contribution < 1.29 is 14.7 Å². The van der Waals surface area contributed by atoms with Crippen LogP contribution in [0.5, 0.6) is 0 Å². The average molecular weight is 420 g/mol. The van der Waals surface area contributed by atoms with Gasteiger partial charge < -0.3 is 15.7 Å². The van der Waals surface area contributed by atoms with Crippen molar-refractivity contribution in [2.24, 2.45) is 5.92 Å². The van der Waals surface area contributed by atoms with Crippen LogP contribution in [0.2, 0.25) is 0 Å². The van der Waals surface area contributed by atoms with Gasteiger partial charge in [0.05, 0.1) is 11.3 Å². The number of hydrogen-bond acceptors (Lipinski definition) is 2. The van der Waals surface area contributed by atoms with E-state index in [-0.39, 0.29) is 23.3 Å². The number of aromatic carboxylic acids is 1. The molecule has 0 aliphatic heterocycles. The molecule has 5 nitrogen and oxygen atoms in total. The number of nitrogens with one attached hydrogen (secondary N) is 2. The summed E-state index contributed by atoms with van der Waals surface area (Å²) in [6.45, 7) is 2.11. The summed E-state index contributed by atoms with van der Waals surface area (Å²) >= 11 is 6.52. The minimum absolute atomic E-state index is 0.0332. The molecule has 0 radical (unpaired) electrons. The molecule has 1 fully saturated rings. The van der Waals surface area contributed by atoms with E-state index in [4.69, 9.17) is 0 Å². The Hall–Kier alpha value is -1.08. The van der Waals surface area contributed by atoms with Crippen LogP contribution in [0.15, 0.2) is 21.1 Å². The lowest BCUT2D eigenvalue weighted by atomic mass is 10.1. The lowest BCUT2D eigenvalue weighted by molar-refractivity contribution is 0.0698. The molecule has 1 saturated carbocycles. The first-order chi connectivity index (χ1) is 9.88. The van der Waals surface area contributed by atoms with Crippen LogP contribution < -0.4 is 10.6 Å². The number of hydrogen-bond donors (Lipinski definition) is 3. The molecule has 2 amide bonds. The van der Waals surface area contributed by atoms with Crippen molar-refractivity contribution in [2.75, 3.05) is 5.32 Å². The van der Waals surface area contributed by atoms with Crippen LogP contribution >= 0.6 is 31.9 Å². The molecule has 1 aliphatic carbocycles. The largest absolute Gasteiger partial charge is 0.478 e. The van der Waals surface area contributed by atoms with Crippen molar-refractivity contribution in [3.05, 3.63) is 26.6 Å². The Balaban J connectivity index is 2.15. The zero-order valence-electron chi connectivity index (χ0n) is 11.5. The maximum Gasteiger partial charge on any atom is 0.337 e. The second-order valence-corrected chi connectivity index (χ2v) is 7.00. The molecule has 1 aromatic carbocycles. The molecular weight excluding hydrogens is 404 g/mol. The summed E-state index contributed by atoms with van der Waals surface area (Å²) < 4.78 is 1.14. The highest BCUT2D eigenvalue weighted by atomic mass is 79.9. The lowest BCUT2D eigenvalue weighted by Gasteiger charge is -2.19. The number of rotatable bonds is 3. The Labute approximate surface area is 139 Å². The molecule has 2 unspecified atom stereocenters. The number of halogens is 2. The Morgan fingerprint density at radius 1 is 1.29 bits per heavy atom. The Morgan fingerprint density at radius 2 is 2.00 bits per heavy atom. The van der Waals surface area contributed by atoms with Crippen molar-refractivity contribution >= 4 is 49.5 Å². The summed E-state index contributed by atoms with van der Waals surface area (Å²) in [6, 6.07) is 2.92. The van der Waals surface area contributed by atoms with Crippen LogP contribution in [0.3, 0.4) is 0 Å². The number of benzene rings is 1. The van der Waals surface area contributed by atoms with Crippen LogP contribution in [0.4, 0.5) is 10.5 Å². The van der Waals surface area contributed by atoms with Gasteiger partial charge in [0.2, 0.25) is 0 Å². The molecule has 114 valence electrons. The topological polar surface area (TPSA) is 78.4 Å². The number of carboxylic acids is 1. The first kappa shape index (κ1) is 16.3. The third-order valence-corrected chi connectivity index (χ3v) is 4.79. The van der Waals surface area contributed by atoms with E-state index >= 15 is 0 Å². The van der Waals surface area contributed by atoms with Crippen LogP contribution in [0.25, 0.3) is 0 Å². The average Bonchev–Trinajstić information content (AvgIpc) is 2.77. The van der Waals surface area contributed by atoms with Gasteiger partial charge in [0, 0.05) is 15.0 Å². The first-order valence-electron chi connectivity index (χ1n) is 6.68. The minimum Gasteiger partial charge on any atom is -0.478 e. The molecule has 0 saturated heterocycles. The predicted octanol–water partition coefficient (Wildman–Crippen LogP) is 4.22. The fourth-order valence-electron chi connectivity index (χ4n) is 2.55. The summed E-state index contributed by atoms with van der Waals surface area (Å²) in [5.74, 6) is -0.649. The third-order valence-electron chi connectivity index (χ3n) is 3.70. The first-order valence-corrected chi connectivity index (χ1v) is 8.27. The molecule has 0 bridgehead atoms. The molecule has 2 rings (SSSR count). The summed E-state index contributed by atoms with van der Waals surface area (Å²) in [6.07, 6.45) is 3.17. The molecule has 0 heterocycles. The van der Waals surface area contributed by atoms with E-state index in [0.717, 1.165) is 19.3 Å². The van der Waals surface area contributed by atoms with E-state index in [2.05, 4.69) is 49.4 Å². The van der Waals surface area contributed by atoms with Crippen LogP contribution in [0.1, 0.15) is 36.5 Å². The third kappa shape index (κ3) is 3.97. The SMILES string of the molecule is CC1CCCC1NC(=O)Nc1c(Br)cc(Br)cc1C(=O)O. The maximum absolute atomic E-state index is 12.1. The van der Waals surface area contributed by atoms with Crippen molar-refractivity contribution in [2.45, 2.75) is 32.2 Å². The highest BCUT2D eigenvalue weighted by Gasteiger charge is 2.25. The van der Waals surface area contributed by atoms with Crippen molar-refractivity contribution in [3.8, 4) is 0 Å². The van der Waals surface area contributed by atoms with Crippen molar-refractivity contribution in [3.63, 3.8) is 0 Å². The van der Waals surface area contributed by atoms with Gasteiger partial charge in [-0.15, -0.1) is 0 Å². The van der Waals surface area contributed by atoms with Gasteiger partial charge in [-0.05, 0) is 46.8 Å². The molecule has 3 N–H and O–H groups in total. The van der Waals surface area contributed by atoms with Gasteiger partial charge in [-0.2, -0.15) is 0 Å². The summed E-state index contributed by atoms with van der Waals surface area (Å²) in [7, 11) is 0. The molecule has 1 aliphatic rings. The van der Waals surface area contributed by atoms with Gasteiger partial charge in [0.25, 0.3) is 0 Å². The smallest absolute Gasteiger partial charge is 0.337 e. The number of carboxylic acid groups (broad SMARTS) is 1. The molecule has 21 heavy (non-hydrogen) atoms. The van der Waals surface area contributed by atoms with E-state index < -0.39 is 5.97 Å². The fraction of sp³-hybridized carbons (Fsp3) is 0.429. The number of anilines is 1. The van der Waals surface area contributed by atoms with Crippen LogP contribution in [0, 0.1) is 5.92 Å². The van der Waals surface area contributed by atoms with Gasteiger partial charge in [0.1, 0.15) is 0 Å². The fourth-order valence-corrected chi connectivity index (χ4v) is 3.87. The molecule has 1 aromatic rings. The lowest BCUT2D eigenvalue weighted by Crippen LogP contribution is -2.39. The van der Waals surface area contributed by atoms with E-state index in [0.29, 0.717) is 14.9 Å². The second kappa shape index (κ2) is 6.79. The summed E-state index contributed by atoms with van der Waals surface area (Å²) in [5, 5.41) is 14.8. The normalized spacial score (nSPS) is 21.1. The van der Waals surface area contributed by atoms with Gasteiger partial charge in [0.15, 0.2) is 0 Å². The van der Waals surface area contributed by atoms with Crippen LogP contribution in [-0.2, 0) is 0 Å². The molecule has 0 spiro atoms. The van der Waals surface area contributed by atoms with Gasteiger partial charge in [-0.3, -0.25) is 0 Å². The van der Waals surface area contributed by atoms with Crippen molar-refractivity contribution in [1.29, 1.82) is 0 Å². The molecule has 2 atom stereocenters. The van der Waals surface area contributed by atoms with Crippen LogP contribution in [-0.4, -0.2) is 23.1 Å². The predicted molar refractivity (Wildman–Crippen MR) is 87.8 cm³/mol. The van der Waals surface area contributed by atoms with Gasteiger partial charge in [-0.1, -0.05) is 29.3 Å². The summed E-state index contributed by atoms with van der Waals surface area (Å²) in [4.78, 5) is 23.4. The van der Waals surface area contributed by atoms with E-state index in [9.17, 15) is 14.7 Å². The van der Waals surface area contributed by atoms with Crippen molar-refractivity contribution in [1.82, 2.24) is 5.32 Å². The number of carbonyl (C=O) groups is 2. The second-order valence-electron chi connectivity index (χ2n) is 5.23. The summed E-state index contributed by atoms with van der Waals surface area (Å²) in [5.41, 5.74) is 0.291. The standard InChI is InChI=1S/C14H16Br2N2O3/c1-7-3-2-4-11(7)17-14(21)18-12-9(13(19)20)5-8(15)6-10(12)16/h5-7,11H,2-4H2,1H3,(H,19,20)(H2,17,18,21). The minimum atomic E-state index is -1.10. The molecule has 7 heteroatoms. The number of amides is 2. The Bertz CT molecular complexity index is 578. The van der Waals surface area contributed by atoms with Gasteiger partial charge >= 0.3 is 12.0 Å². The van der Waals surface area contributed by atoms with E-state index in [1.807, 2.05) is 0 Å². The van der Waals surface area contributed by atoms with E-state index in [1.165, 1.54) is 6.07 Å². The highest BCUT2D eigenvalue weighted by molar-refractivity contribution is 9.11. The molecular formula is C14H16Br2N2O3.